The van der Waals surface area contributed by atoms with Gasteiger partial charge in [0.05, 0.1) is 0 Å². The van der Waals surface area contributed by atoms with Crippen LogP contribution < -0.4 is 43.4 Å². The summed E-state index contributed by atoms with van der Waals surface area (Å²) in [4.78, 5) is 24.5. The van der Waals surface area contributed by atoms with Crippen molar-refractivity contribution in [1.29, 1.82) is 0 Å². The highest BCUT2D eigenvalue weighted by molar-refractivity contribution is 5.78. The van der Waals surface area contributed by atoms with Crippen molar-refractivity contribution in [3.05, 3.63) is 0 Å². The fraction of sp³-hybridized carbons (Fsp3) is 0.926. The molecule has 0 aliphatic carbocycles. The third kappa shape index (κ3) is 23.5. The Balaban J connectivity index is 3.63. The van der Waals surface area contributed by atoms with E-state index in [0.29, 0.717) is 25.7 Å². The molecule has 220 valence electrons. The monoisotopic (exact) mass is 528 g/mol. The minimum absolute atomic E-state index is 0.0113. The molecule has 0 spiro atoms. The third-order valence-electron chi connectivity index (χ3n) is 6.50. The second-order valence-corrected chi connectivity index (χ2v) is 10.2. The van der Waals surface area contributed by atoms with Gasteiger partial charge in [-0.1, -0.05) is 20.3 Å². The molecular formula is C27H60N8O2. The molecule has 0 rings (SSSR count). The number of nitrogens with one attached hydrogen (secondary N) is 6. The lowest BCUT2D eigenvalue weighted by molar-refractivity contribution is -0.125. The van der Waals surface area contributed by atoms with Crippen molar-refractivity contribution in [1.82, 2.24) is 31.9 Å². The fourth-order valence-corrected chi connectivity index (χ4v) is 3.88. The molecule has 2 amide bonds. The largest absolute Gasteiger partial charge is 0.356 e. The van der Waals surface area contributed by atoms with Gasteiger partial charge in [-0.05, 0) is 91.1 Å². The molecular weight excluding hydrogens is 468 g/mol. The van der Waals surface area contributed by atoms with Crippen LogP contribution in [0.3, 0.4) is 0 Å². The predicted octanol–water partition coefficient (Wildman–Crippen LogP) is 0.276. The number of amides is 2. The summed E-state index contributed by atoms with van der Waals surface area (Å²) in [6.45, 7) is 15.4. The van der Waals surface area contributed by atoms with Crippen LogP contribution >= 0.6 is 0 Å². The number of rotatable bonds is 27. The number of hydrogen-bond donors (Lipinski definition) is 8. The lowest BCUT2D eigenvalue weighted by atomic mass is 10.0. The van der Waals surface area contributed by atoms with Crippen molar-refractivity contribution in [2.75, 3.05) is 72.0 Å². The van der Waals surface area contributed by atoms with Gasteiger partial charge >= 0.3 is 0 Å². The lowest BCUT2D eigenvalue weighted by Crippen LogP contribution is -2.36. The van der Waals surface area contributed by atoms with Crippen LogP contribution in [0.1, 0.15) is 72.1 Å². The first-order valence-corrected chi connectivity index (χ1v) is 14.7. The smallest absolute Gasteiger partial charge is 0.222 e. The summed E-state index contributed by atoms with van der Waals surface area (Å²) in [5, 5.41) is 19.6. The number of hydrogen-bond acceptors (Lipinski definition) is 8. The summed E-state index contributed by atoms with van der Waals surface area (Å²) in [5.74, 6) is 0.225. The van der Waals surface area contributed by atoms with E-state index in [-0.39, 0.29) is 23.7 Å². The Kier molecular flexibility index (Phi) is 25.4. The van der Waals surface area contributed by atoms with Gasteiger partial charge < -0.3 is 43.4 Å². The highest BCUT2D eigenvalue weighted by Crippen LogP contribution is 2.10. The van der Waals surface area contributed by atoms with E-state index in [1.165, 1.54) is 0 Å². The normalized spacial score (nSPS) is 13.8. The molecule has 3 atom stereocenters. The third-order valence-corrected chi connectivity index (χ3v) is 6.50. The highest BCUT2D eigenvalue weighted by atomic mass is 16.2. The zero-order chi connectivity index (χ0) is 27.6. The number of unbranched alkanes of at least 4 members (excludes halogenated alkanes) is 1. The van der Waals surface area contributed by atoms with Gasteiger partial charge in [0.1, 0.15) is 0 Å². The molecule has 0 saturated carbocycles. The maximum Gasteiger partial charge on any atom is 0.222 e. The second kappa shape index (κ2) is 26.3. The van der Waals surface area contributed by atoms with Crippen LogP contribution in [0.4, 0.5) is 0 Å². The number of nitrogens with two attached hydrogens (primary N) is 2. The summed E-state index contributed by atoms with van der Waals surface area (Å²) < 4.78 is 0. The minimum Gasteiger partial charge on any atom is -0.356 e. The Morgan fingerprint density at radius 1 is 0.541 bits per heavy atom. The first-order chi connectivity index (χ1) is 17.9. The van der Waals surface area contributed by atoms with E-state index in [0.717, 1.165) is 104 Å². The van der Waals surface area contributed by atoms with E-state index >= 15 is 0 Å². The molecule has 3 unspecified atom stereocenters. The molecule has 0 aliphatic heterocycles. The average Bonchev–Trinajstić information content (AvgIpc) is 2.89. The Morgan fingerprint density at radius 3 is 1.76 bits per heavy atom. The maximum atomic E-state index is 12.4. The Hall–Kier alpha value is -1.30. The van der Waals surface area contributed by atoms with Gasteiger partial charge in [0.25, 0.3) is 0 Å². The van der Waals surface area contributed by atoms with Gasteiger partial charge in [0.2, 0.25) is 11.8 Å². The summed E-state index contributed by atoms with van der Waals surface area (Å²) in [6, 6.07) is 0.408. The van der Waals surface area contributed by atoms with Gasteiger partial charge in [-0.2, -0.15) is 0 Å². The standard InChI is InChI=1S/C27H60N8O2/c1-23(26(36)35-22-21-32-20-13-29)9-4-5-18-34-27(37)24(2)10-11-25(3)33-19-8-17-31-16-7-15-30-14-6-12-28/h23-25,30-33H,4-22,28-29H2,1-3H3,(H,34,37)(H,35,36). The molecule has 0 fully saturated rings. The topological polar surface area (TPSA) is 158 Å². The molecule has 0 saturated heterocycles. The van der Waals surface area contributed by atoms with Crippen molar-refractivity contribution < 1.29 is 9.59 Å². The zero-order valence-electron chi connectivity index (χ0n) is 24.1. The SMILES string of the molecule is CC(CCC(C)C(=O)NCCCCC(C)C(=O)NCCNCCN)NCCCNCCCNCCCN. The van der Waals surface area contributed by atoms with Crippen LogP contribution in [0.2, 0.25) is 0 Å². The Labute approximate surface area is 227 Å². The molecule has 10 nitrogen and oxygen atoms in total. The van der Waals surface area contributed by atoms with Gasteiger partial charge in [0.15, 0.2) is 0 Å². The molecule has 10 heteroatoms. The molecule has 0 heterocycles. The van der Waals surface area contributed by atoms with Crippen molar-refractivity contribution in [3.8, 4) is 0 Å². The molecule has 10 N–H and O–H groups in total. The zero-order valence-corrected chi connectivity index (χ0v) is 24.1. The highest BCUT2D eigenvalue weighted by Gasteiger charge is 2.15. The van der Waals surface area contributed by atoms with Gasteiger partial charge in [0, 0.05) is 50.6 Å². The van der Waals surface area contributed by atoms with Crippen molar-refractivity contribution in [2.45, 2.75) is 78.2 Å². The minimum atomic E-state index is -0.0113. The first kappa shape index (κ1) is 35.7. The summed E-state index contributed by atoms with van der Waals surface area (Å²) in [7, 11) is 0. The van der Waals surface area contributed by atoms with Gasteiger partial charge in [-0.15, -0.1) is 0 Å². The van der Waals surface area contributed by atoms with Crippen LogP contribution in [-0.4, -0.2) is 89.8 Å². The molecule has 0 aromatic heterocycles. The average molecular weight is 529 g/mol. The van der Waals surface area contributed by atoms with Crippen LogP contribution in [-0.2, 0) is 9.59 Å². The number of carbonyl (C=O) groups is 2. The lowest BCUT2D eigenvalue weighted by Gasteiger charge is -2.17. The molecule has 0 aromatic carbocycles. The van der Waals surface area contributed by atoms with E-state index in [9.17, 15) is 9.59 Å². The van der Waals surface area contributed by atoms with Crippen LogP contribution in [0, 0.1) is 11.8 Å². The van der Waals surface area contributed by atoms with Crippen molar-refractivity contribution >= 4 is 11.8 Å². The Bertz CT molecular complexity index is 539. The van der Waals surface area contributed by atoms with E-state index in [2.05, 4.69) is 38.8 Å². The summed E-state index contributed by atoms with van der Waals surface area (Å²) >= 11 is 0. The summed E-state index contributed by atoms with van der Waals surface area (Å²) in [6.07, 6.45) is 7.81. The van der Waals surface area contributed by atoms with E-state index in [1.807, 2.05) is 13.8 Å². The number of carbonyl (C=O) groups excluding carboxylic acids is 2. The van der Waals surface area contributed by atoms with Crippen LogP contribution in [0.5, 0.6) is 0 Å². The van der Waals surface area contributed by atoms with Crippen LogP contribution in [0.15, 0.2) is 0 Å². The molecule has 0 radical (unpaired) electrons. The first-order valence-electron chi connectivity index (χ1n) is 14.7. The van der Waals surface area contributed by atoms with Crippen molar-refractivity contribution in [3.63, 3.8) is 0 Å². The second-order valence-electron chi connectivity index (χ2n) is 10.2. The Morgan fingerprint density at radius 2 is 1.11 bits per heavy atom. The quantitative estimate of drug-likeness (QED) is 0.0706. The maximum absolute atomic E-state index is 12.4. The molecule has 0 aliphatic rings. The predicted molar refractivity (Wildman–Crippen MR) is 155 cm³/mol. The molecule has 37 heavy (non-hydrogen) atoms. The van der Waals surface area contributed by atoms with Gasteiger partial charge in [-0.3, -0.25) is 9.59 Å². The van der Waals surface area contributed by atoms with Gasteiger partial charge in [-0.25, -0.2) is 0 Å². The van der Waals surface area contributed by atoms with E-state index in [4.69, 9.17) is 11.5 Å². The molecule has 0 aromatic rings. The molecule has 0 bridgehead atoms. The fourth-order valence-electron chi connectivity index (χ4n) is 3.88. The van der Waals surface area contributed by atoms with E-state index in [1.54, 1.807) is 0 Å². The van der Waals surface area contributed by atoms with Crippen molar-refractivity contribution in [2.24, 2.45) is 23.3 Å². The van der Waals surface area contributed by atoms with E-state index < -0.39 is 0 Å². The summed E-state index contributed by atoms with van der Waals surface area (Å²) in [5.41, 5.74) is 10.9. The van der Waals surface area contributed by atoms with Crippen LogP contribution in [0.25, 0.3) is 0 Å².